The van der Waals surface area contributed by atoms with Crippen LogP contribution in [0.3, 0.4) is 0 Å². The van der Waals surface area contributed by atoms with Gasteiger partial charge in [0.2, 0.25) is 65.0 Å². The van der Waals surface area contributed by atoms with Gasteiger partial charge in [-0.1, -0.05) is 88.3 Å². The molecule has 16 atom stereocenters. The highest BCUT2D eigenvalue weighted by molar-refractivity contribution is 6.00. The van der Waals surface area contributed by atoms with Gasteiger partial charge < -0.3 is 69.8 Å². The summed E-state index contributed by atoms with van der Waals surface area (Å²) in [6.07, 6.45) is 2.39. The fourth-order valence-electron chi connectivity index (χ4n) is 12.9. The molecule has 16 unspecified atom stereocenters. The number of fused-ring (bicyclic) bond motifs is 3. The number of morpholine rings is 1. The Hall–Kier alpha value is -6.25. The van der Waals surface area contributed by atoms with Gasteiger partial charge in [-0.2, -0.15) is 0 Å². The van der Waals surface area contributed by atoms with Gasteiger partial charge in [-0.15, -0.1) is 0 Å². The van der Waals surface area contributed by atoms with Crippen molar-refractivity contribution in [2.45, 2.75) is 248 Å². The van der Waals surface area contributed by atoms with Gasteiger partial charge in [0.25, 0.3) is 0 Å². The molecule has 0 aliphatic carbocycles. The Morgan fingerprint density at radius 3 is 1.57 bits per heavy atom. The molecule has 3 aliphatic rings. The second kappa shape index (κ2) is 37.5. The first-order chi connectivity index (χ1) is 44.2. The molecule has 0 saturated carbocycles. The van der Waals surface area contributed by atoms with Gasteiger partial charge in [-0.25, -0.2) is 0 Å². The predicted octanol–water partition coefficient (Wildman–Crippen LogP) is 3.14. The number of carbonyl (C=O) groups is 11. The van der Waals surface area contributed by atoms with Crippen LogP contribution in [0.4, 0.5) is 0 Å². The SMILES string of the molecule is CC=CCC(C)C1OC(C)C2C(=O)N(C)C1C(=O)NC(CC)C(=O)N(C)C(C)C(=O)N(C)C(C(C)COCC1CN(C(C)C)CCO1)C(=O)NC(C(C)C)C(=O)N(C)C(CC(C)C)C(=O)NC(C)C(=O)NC(C)C(=O)N(C)C(CC(C)C)C(=O)N(C)C(CC(C)C)C(=O)N2C. The zero-order valence-corrected chi connectivity index (χ0v) is 62.1. The Labute approximate surface area is 567 Å². The van der Waals surface area contributed by atoms with Crippen molar-refractivity contribution >= 4 is 65.0 Å². The van der Waals surface area contributed by atoms with E-state index in [-0.39, 0.29) is 68.8 Å². The van der Waals surface area contributed by atoms with Crippen LogP contribution in [-0.2, 0) is 67.0 Å². The fraction of sp³-hybridized carbons (Fsp3) is 0.812. The highest BCUT2D eigenvalue weighted by atomic mass is 16.5. The van der Waals surface area contributed by atoms with Gasteiger partial charge in [-0.05, 0) is 110 Å². The third-order valence-electron chi connectivity index (χ3n) is 19.1. The number of rotatable bonds is 17. The van der Waals surface area contributed by atoms with Crippen molar-refractivity contribution in [2.75, 3.05) is 82.2 Å². The van der Waals surface area contributed by atoms with Gasteiger partial charge in [0, 0.05) is 74.4 Å². The third-order valence-corrected chi connectivity index (χ3v) is 19.1. The summed E-state index contributed by atoms with van der Waals surface area (Å²) in [6, 6.07) is -13.4. The number of allylic oxidation sites excluding steroid dienone is 2. The molecule has 11 amide bonds. The molecule has 95 heavy (non-hydrogen) atoms. The molecule has 0 radical (unpaired) electrons. The van der Waals surface area contributed by atoms with Crippen LogP contribution >= 0.6 is 0 Å². The van der Waals surface area contributed by atoms with E-state index in [2.05, 4.69) is 40.0 Å². The fourth-order valence-corrected chi connectivity index (χ4v) is 12.9. The van der Waals surface area contributed by atoms with Crippen molar-refractivity contribution in [1.82, 2.24) is 60.5 Å². The van der Waals surface area contributed by atoms with Crippen molar-refractivity contribution in [3.63, 3.8) is 0 Å². The molecule has 26 heteroatoms. The monoisotopic (exact) mass is 1340 g/mol. The quantitative estimate of drug-likeness (QED) is 0.152. The minimum atomic E-state index is -1.36. The molecule has 0 aromatic heterocycles. The van der Waals surface area contributed by atoms with E-state index < -0.39 is 161 Å². The number of hydrogen-bond acceptors (Lipinski definition) is 15. The van der Waals surface area contributed by atoms with Crippen LogP contribution in [-0.4, -0.2) is 277 Å². The predicted molar refractivity (Wildman–Crippen MR) is 364 cm³/mol. The molecule has 2 bridgehead atoms. The zero-order chi connectivity index (χ0) is 72.5. The third kappa shape index (κ3) is 21.9. The molecule has 4 N–H and O–H groups in total. The summed E-state index contributed by atoms with van der Waals surface area (Å²) < 4.78 is 19.1. The maximum atomic E-state index is 15.3. The van der Waals surface area contributed by atoms with Crippen LogP contribution in [0, 0.1) is 35.5 Å². The van der Waals surface area contributed by atoms with Gasteiger partial charge in [-0.3, -0.25) is 57.6 Å². The standard InChI is InChI=1S/C69H122N12O14/c1-26-28-29-43(13)58-57-62(85)72-50(27-2)65(88)74(19)47(17)64(87)78(23)55(44(14)36-93-37-49-35-81(42(11)12)30-31-94-49)61(84)73-54(41(9)10)68(91)75(20)51(32-38(3)4)60(83)70-45(15)59(82)71-46(16)63(86)76(21)52(33-39(5)6)66(89)77(22)53(34-40(7)8)67(90)79(24)56(48(18)95-58)69(92)80(57)25/h26,28,38-58H,27,29-37H2,1-25H3,(H,70,83)(H,71,82)(H,72,85)(H,73,84). The van der Waals surface area contributed by atoms with E-state index in [1.54, 1.807) is 34.6 Å². The van der Waals surface area contributed by atoms with E-state index in [0.29, 0.717) is 19.6 Å². The summed E-state index contributed by atoms with van der Waals surface area (Å²) in [5.74, 6) is -9.49. The largest absolute Gasteiger partial charge is 0.378 e. The topological polar surface area (TPSA) is 290 Å². The van der Waals surface area contributed by atoms with Crippen molar-refractivity contribution < 1.29 is 67.0 Å². The van der Waals surface area contributed by atoms with Crippen molar-refractivity contribution in [1.29, 1.82) is 0 Å². The number of hydrogen-bond donors (Lipinski definition) is 4. The molecule has 26 nitrogen and oxygen atoms in total. The lowest BCUT2D eigenvalue weighted by Gasteiger charge is -2.39. The van der Waals surface area contributed by atoms with Crippen LogP contribution < -0.4 is 21.3 Å². The van der Waals surface area contributed by atoms with Crippen molar-refractivity contribution in [3.05, 3.63) is 12.2 Å². The van der Waals surface area contributed by atoms with Crippen LogP contribution in [0.15, 0.2) is 12.2 Å². The van der Waals surface area contributed by atoms with Gasteiger partial charge >= 0.3 is 0 Å². The van der Waals surface area contributed by atoms with E-state index >= 15 is 28.8 Å². The number of likely N-dealkylation sites (N-methyl/N-ethyl adjacent to an activating group) is 7. The molecular weight excluding hydrogens is 1220 g/mol. The Balaban J connectivity index is 2.32. The van der Waals surface area contributed by atoms with Crippen LogP contribution in [0.25, 0.3) is 0 Å². The van der Waals surface area contributed by atoms with Crippen LogP contribution in [0.5, 0.6) is 0 Å². The highest BCUT2D eigenvalue weighted by Crippen LogP contribution is 2.30. The molecule has 0 spiro atoms. The van der Waals surface area contributed by atoms with Gasteiger partial charge in [0.05, 0.1) is 38.1 Å². The maximum absolute atomic E-state index is 15.3. The molecule has 3 heterocycles. The number of nitrogens with zero attached hydrogens (tertiary/aromatic N) is 8. The molecule has 3 fully saturated rings. The minimum absolute atomic E-state index is 0.0345. The smallest absolute Gasteiger partial charge is 0.248 e. The lowest BCUT2D eigenvalue weighted by Crippen LogP contribution is -2.62. The van der Waals surface area contributed by atoms with Gasteiger partial charge in [0.15, 0.2) is 0 Å². The van der Waals surface area contributed by atoms with E-state index in [1.165, 1.54) is 104 Å². The molecule has 0 aromatic rings. The second-order valence-corrected chi connectivity index (χ2v) is 28.9. The Bertz CT molecular complexity index is 2660. The van der Waals surface area contributed by atoms with Crippen molar-refractivity contribution in [3.8, 4) is 0 Å². The van der Waals surface area contributed by atoms with E-state index in [1.807, 2.05) is 67.5 Å². The molecular formula is C69H122N12O14. The van der Waals surface area contributed by atoms with E-state index in [9.17, 15) is 24.0 Å². The van der Waals surface area contributed by atoms with Gasteiger partial charge in [0.1, 0.15) is 66.5 Å². The second-order valence-electron chi connectivity index (χ2n) is 28.9. The summed E-state index contributed by atoms with van der Waals surface area (Å²) in [5.41, 5.74) is 0. The normalized spacial score (nSPS) is 30.2. The highest BCUT2D eigenvalue weighted by Gasteiger charge is 2.51. The summed E-state index contributed by atoms with van der Waals surface area (Å²) in [4.78, 5) is 175. The Kier molecular flexibility index (Phi) is 32.7. The number of ether oxygens (including phenoxy) is 3. The summed E-state index contributed by atoms with van der Waals surface area (Å²) in [5, 5.41) is 11.2. The average molecular weight is 1340 g/mol. The first kappa shape index (κ1) is 83.0. The first-order valence-corrected chi connectivity index (χ1v) is 34.5. The molecule has 0 aromatic carbocycles. The van der Waals surface area contributed by atoms with E-state index in [4.69, 9.17) is 14.2 Å². The molecule has 3 saturated heterocycles. The van der Waals surface area contributed by atoms with Crippen molar-refractivity contribution in [2.24, 2.45) is 35.5 Å². The van der Waals surface area contributed by atoms with E-state index in [0.717, 1.165) is 6.54 Å². The van der Waals surface area contributed by atoms with Crippen LogP contribution in [0.2, 0.25) is 0 Å². The maximum Gasteiger partial charge on any atom is 0.248 e. The minimum Gasteiger partial charge on any atom is -0.378 e. The number of amides is 11. The molecule has 3 rings (SSSR count). The summed E-state index contributed by atoms with van der Waals surface area (Å²) in [7, 11) is 10.1. The molecule has 542 valence electrons. The molecule has 3 aliphatic heterocycles. The number of nitrogens with one attached hydrogen (secondary N) is 4. The lowest BCUT2D eigenvalue weighted by atomic mass is 9.92. The Morgan fingerprint density at radius 1 is 0.526 bits per heavy atom. The number of carbonyl (C=O) groups excluding carboxylic acids is 11. The first-order valence-electron chi connectivity index (χ1n) is 34.5. The average Bonchev–Trinajstić information content (AvgIpc) is 1.72. The summed E-state index contributed by atoms with van der Waals surface area (Å²) >= 11 is 0. The lowest BCUT2D eigenvalue weighted by molar-refractivity contribution is -0.155. The van der Waals surface area contributed by atoms with Crippen LogP contribution in [0.1, 0.15) is 157 Å². The zero-order valence-electron chi connectivity index (χ0n) is 62.1. The Morgan fingerprint density at radius 2 is 1.04 bits per heavy atom. The summed E-state index contributed by atoms with van der Waals surface area (Å²) in [6.45, 7) is 34.2.